The summed E-state index contributed by atoms with van der Waals surface area (Å²) in [5.41, 5.74) is 14.6. The summed E-state index contributed by atoms with van der Waals surface area (Å²) >= 11 is 0. The van der Waals surface area contributed by atoms with Crippen LogP contribution in [0.2, 0.25) is 0 Å². The van der Waals surface area contributed by atoms with Gasteiger partial charge in [0.05, 0.1) is 5.92 Å². The van der Waals surface area contributed by atoms with Crippen LogP contribution in [0.3, 0.4) is 0 Å². The van der Waals surface area contributed by atoms with Crippen molar-refractivity contribution >= 4 is 23.7 Å². The molecule has 0 spiro atoms. The van der Waals surface area contributed by atoms with Gasteiger partial charge in [-0.2, -0.15) is 0 Å². The quantitative estimate of drug-likeness (QED) is 0.0800. The third-order valence-electron chi connectivity index (χ3n) is 6.55. The number of hydrogen-bond acceptors (Lipinski definition) is 5. The van der Waals surface area contributed by atoms with Crippen LogP contribution in [0.4, 0.5) is 5.95 Å². The number of aromatic nitrogens is 2. The average molecular weight is 553 g/mol. The van der Waals surface area contributed by atoms with E-state index in [1.165, 1.54) is 0 Å². The van der Waals surface area contributed by atoms with Crippen LogP contribution in [0.1, 0.15) is 41.0 Å². The highest BCUT2D eigenvalue weighted by Crippen LogP contribution is 2.25. The second-order valence-corrected chi connectivity index (χ2v) is 9.59. The van der Waals surface area contributed by atoms with Gasteiger partial charge in [0.1, 0.15) is 6.04 Å². The van der Waals surface area contributed by atoms with Crippen LogP contribution in [0.5, 0.6) is 0 Å². The van der Waals surface area contributed by atoms with Crippen LogP contribution in [0.15, 0.2) is 102 Å². The van der Waals surface area contributed by atoms with Crippen LogP contribution in [0.25, 0.3) is 0 Å². The molecule has 0 aliphatic carbocycles. The van der Waals surface area contributed by atoms with Gasteiger partial charge in [-0.1, -0.05) is 84.9 Å². The smallest absolute Gasteiger partial charge is 0.242 e. The van der Waals surface area contributed by atoms with E-state index in [4.69, 9.17) is 11.5 Å². The fourth-order valence-electron chi connectivity index (χ4n) is 4.45. The number of benzene rings is 3. The number of nitrogens with two attached hydrogens (primary N) is 2. The molecule has 41 heavy (non-hydrogen) atoms. The van der Waals surface area contributed by atoms with Crippen molar-refractivity contribution in [2.24, 2.45) is 16.5 Å². The number of nitrogens with one attached hydrogen (secondary N) is 4. The van der Waals surface area contributed by atoms with E-state index in [9.17, 15) is 9.59 Å². The molecular formula is C31H36N8O2. The van der Waals surface area contributed by atoms with Crippen molar-refractivity contribution in [3.05, 3.63) is 120 Å². The fourth-order valence-corrected chi connectivity index (χ4v) is 4.45. The van der Waals surface area contributed by atoms with Crippen LogP contribution < -0.4 is 27.4 Å². The lowest BCUT2D eigenvalue weighted by Crippen LogP contribution is -2.48. The minimum absolute atomic E-state index is 0.00827. The molecule has 8 N–H and O–H groups in total. The third-order valence-corrected chi connectivity index (χ3v) is 6.55. The molecule has 1 heterocycles. The largest absolute Gasteiger partial charge is 0.370 e. The zero-order valence-corrected chi connectivity index (χ0v) is 22.8. The van der Waals surface area contributed by atoms with Crippen LogP contribution >= 0.6 is 0 Å². The molecule has 0 saturated heterocycles. The number of amides is 2. The van der Waals surface area contributed by atoms with E-state index in [1.807, 2.05) is 84.9 Å². The number of guanidine groups is 1. The molecule has 0 aliphatic heterocycles. The van der Waals surface area contributed by atoms with Gasteiger partial charge >= 0.3 is 0 Å². The van der Waals surface area contributed by atoms with E-state index < -0.39 is 12.0 Å². The Morgan fingerprint density at radius 3 is 2.00 bits per heavy atom. The lowest BCUT2D eigenvalue weighted by atomic mass is 9.90. The van der Waals surface area contributed by atoms with E-state index in [0.29, 0.717) is 38.4 Å². The average Bonchev–Trinajstić information content (AvgIpc) is 3.52. The van der Waals surface area contributed by atoms with Crippen molar-refractivity contribution in [1.82, 2.24) is 20.6 Å². The summed E-state index contributed by atoms with van der Waals surface area (Å²) in [4.78, 5) is 38.2. The number of carbonyl (C=O) groups excluding carboxylic acids is 2. The Morgan fingerprint density at radius 1 is 0.829 bits per heavy atom. The summed E-state index contributed by atoms with van der Waals surface area (Å²) in [7, 11) is 0. The lowest BCUT2D eigenvalue weighted by Gasteiger charge is -2.23. The van der Waals surface area contributed by atoms with E-state index in [1.54, 1.807) is 12.4 Å². The number of anilines is 1. The summed E-state index contributed by atoms with van der Waals surface area (Å²) in [5.74, 6) is -0.390. The molecule has 10 nitrogen and oxygen atoms in total. The summed E-state index contributed by atoms with van der Waals surface area (Å²) < 4.78 is 0. The van der Waals surface area contributed by atoms with E-state index in [0.717, 1.165) is 22.3 Å². The molecule has 4 rings (SSSR count). The third kappa shape index (κ3) is 8.96. The minimum Gasteiger partial charge on any atom is -0.370 e. The maximum absolute atomic E-state index is 13.7. The molecule has 0 fully saturated rings. The number of aliphatic imine (C=N–C) groups is 1. The van der Waals surface area contributed by atoms with Crippen molar-refractivity contribution in [3.8, 4) is 0 Å². The van der Waals surface area contributed by atoms with Gasteiger partial charge in [-0.05, 0) is 35.1 Å². The highest BCUT2D eigenvalue weighted by Gasteiger charge is 2.27. The maximum atomic E-state index is 13.7. The molecule has 0 bridgehead atoms. The molecule has 3 aromatic carbocycles. The summed E-state index contributed by atoms with van der Waals surface area (Å²) in [6.45, 7) is 1.30. The Hall–Kier alpha value is -5.12. The van der Waals surface area contributed by atoms with Gasteiger partial charge in [-0.3, -0.25) is 14.6 Å². The van der Waals surface area contributed by atoms with Gasteiger partial charge in [-0.15, -0.1) is 0 Å². The Labute approximate surface area is 239 Å². The predicted octanol–water partition coefficient (Wildman–Crippen LogP) is 3.01. The van der Waals surface area contributed by atoms with Crippen molar-refractivity contribution in [2.45, 2.75) is 37.9 Å². The lowest BCUT2D eigenvalue weighted by molar-refractivity contribution is -0.129. The fraction of sp³-hybridized carbons (Fsp3) is 0.226. The monoisotopic (exact) mass is 552 g/mol. The van der Waals surface area contributed by atoms with Crippen LogP contribution in [-0.2, 0) is 22.7 Å². The zero-order valence-electron chi connectivity index (χ0n) is 22.8. The van der Waals surface area contributed by atoms with Gasteiger partial charge in [0.25, 0.3) is 0 Å². The first-order valence-corrected chi connectivity index (χ1v) is 13.5. The SMILES string of the molecule is NC(N)=NCCC[C@@H](NC(=O)C(c1ccccc1)c1ccccc1)C(=O)NCc1ccc(CNc2ncc[nH]2)cc1. The molecule has 4 aromatic rings. The first kappa shape index (κ1) is 28.9. The molecule has 0 radical (unpaired) electrons. The number of nitrogens with zero attached hydrogens (tertiary/aromatic N) is 2. The van der Waals surface area contributed by atoms with Crippen molar-refractivity contribution < 1.29 is 9.59 Å². The van der Waals surface area contributed by atoms with Gasteiger partial charge in [-0.25, -0.2) is 4.98 Å². The van der Waals surface area contributed by atoms with Crippen LogP contribution in [0, 0.1) is 0 Å². The molecular weight excluding hydrogens is 516 g/mol. The number of H-pyrrole nitrogens is 1. The number of aromatic amines is 1. The molecule has 1 aromatic heterocycles. The molecule has 2 amide bonds. The normalized spacial score (nSPS) is 11.4. The summed E-state index contributed by atoms with van der Waals surface area (Å²) in [6, 6.07) is 26.2. The molecule has 0 unspecified atom stereocenters. The molecule has 212 valence electrons. The van der Waals surface area contributed by atoms with Gasteiger partial charge in [0.15, 0.2) is 11.9 Å². The summed E-state index contributed by atoms with van der Waals surface area (Å²) in [5, 5.41) is 9.18. The Morgan fingerprint density at radius 2 is 1.44 bits per heavy atom. The van der Waals surface area contributed by atoms with Crippen molar-refractivity contribution in [1.29, 1.82) is 0 Å². The highest BCUT2D eigenvalue weighted by molar-refractivity contribution is 5.92. The van der Waals surface area contributed by atoms with Gasteiger partial charge in [0, 0.05) is 32.0 Å². The number of rotatable bonds is 14. The second kappa shape index (κ2) is 14.9. The highest BCUT2D eigenvalue weighted by atomic mass is 16.2. The second-order valence-electron chi connectivity index (χ2n) is 9.59. The maximum Gasteiger partial charge on any atom is 0.242 e. The predicted molar refractivity (Wildman–Crippen MR) is 161 cm³/mol. The molecule has 0 saturated carbocycles. The zero-order chi connectivity index (χ0) is 28.9. The molecule has 1 atom stereocenters. The topological polar surface area (TPSA) is 163 Å². The van der Waals surface area contributed by atoms with Crippen molar-refractivity contribution in [3.63, 3.8) is 0 Å². The number of imidazole rings is 1. The summed E-state index contributed by atoms with van der Waals surface area (Å²) in [6.07, 6.45) is 4.35. The van der Waals surface area contributed by atoms with E-state index in [2.05, 4.69) is 30.9 Å². The Bertz CT molecular complexity index is 1350. The first-order chi connectivity index (χ1) is 20.0. The van der Waals surface area contributed by atoms with Crippen LogP contribution in [-0.4, -0.2) is 40.3 Å². The molecule has 10 heteroatoms. The minimum atomic E-state index is -0.761. The van der Waals surface area contributed by atoms with Gasteiger partial charge in [0.2, 0.25) is 11.8 Å². The molecule has 0 aliphatic rings. The van der Waals surface area contributed by atoms with E-state index in [-0.39, 0.29) is 17.8 Å². The van der Waals surface area contributed by atoms with Crippen molar-refractivity contribution in [2.75, 3.05) is 11.9 Å². The number of hydrogen-bond donors (Lipinski definition) is 6. The number of carbonyl (C=O) groups is 2. The Balaban J connectivity index is 1.42. The Kier molecular flexibility index (Phi) is 10.5. The van der Waals surface area contributed by atoms with E-state index >= 15 is 0 Å². The standard InChI is InChI=1S/C31H36N8O2/c32-30(33)34-17-7-12-26(39-29(41)27(24-8-3-1-4-9-24)25-10-5-2-6-11-25)28(40)37-20-22-13-15-23(16-14-22)21-38-31-35-18-19-36-31/h1-6,8-11,13-16,18-19,26-27H,7,12,17,20-21H2,(H,37,40)(H,39,41)(H4,32,33,34)(H2,35,36,38)/t26-/m1/s1. The van der Waals surface area contributed by atoms with Gasteiger partial charge < -0.3 is 32.4 Å². The first-order valence-electron chi connectivity index (χ1n) is 13.5.